The molecule has 0 spiro atoms. The molecular formula is C13H19FN2O3S. The molecule has 1 fully saturated rings. The van der Waals surface area contributed by atoms with Crippen molar-refractivity contribution in [3.8, 4) is 0 Å². The zero-order chi connectivity index (χ0) is 14.8. The summed E-state index contributed by atoms with van der Waals surface area (Å²) >= 11 is 0. The number of likely N-dealkylation sites (tertiary alicyclic amines) is 1. The third-order valence-electron chi connectivity index (χ3n) is 3.40. The van der Waals surface area contributed by atoms with Crippen LogP contribution in [-0.2, 0) is 10.0 Å². The van der Waals surface area contributed by atoms with Crippen molar-refractivity contribution < 1.29 is 17.9 Å². The van der Waals surface area contributed by atoms with Crippen molar-refractivity contribution in [2.45, 2.75) is 18.6 Å². The standard InChI is InChI=1S/C13H19FN2O3S/c1-20(18,19)15-6-7-16-9-12(17)8-13(16)10-2-4-11(14)5-3-10/h2-5,12-13,15,17H,6-9H2,1H3/t12-,13-/m1/s1. The number of nitrogens with zero attached hydrogens (tertiary/aromatic N) is 1. The molecule has 1 heterocycles. The molecule has 1 aromatic rings. The minimum absolute atomic E-state index is 0.00744. The lowest BCUT2D eigenvalue weighted by molar-refractivity contribution is 0.176. The molecule has 0 bridgehead atoms. The Labute approximate surface area is 118 Å². The minimum Gasteiger partial charge on any atom is -0.392 e. The molecule has 2 atom stereocenters. The average Bonchev–Trinajstić information content (AvgIpc) is 2.70. The van der Waals surface area contributed by atoms with Crippen LogP contribution in [0.3, 0.4) is 0 Å². The van der Waals surface area contributed by atoms with Crippen LogP contribution in [0, 0.1) is 5.82 Å². The number of nitrogens with one attached hydrogen (secondary N) is 1. The molecule has 0 aromatic heterocycles. The van der Waals surface area contributed by atoms with Gasteiger partial charge in [0.1, 0.15) is 5.82 Å². The van der Waals surface area contributed by atoms with E-state index < -0.39 is 16.1 Å². The first-order valence-corrected chi connectivity index (χ1v) is 8.36. The molecule has 0 radical (unpaired) electrons. The summed E-state index contributed by atoms with van der Waals surface area (Å²) in [7, 11) is -3.21. The maximum absolute atomic E-state index is 12.9. The van der Waals surface area contributed by atoms with Gasteiger partial charge in [-0.2, -0.15) is 0 Å². The molecule has 2 rings (SSSR count). The molecule has 0 saturated carbocycles. The maximum atomic E-state index is 12.9. The third-order valence-corrected chi connectivity index (χ3v) is 4.13. The Hall–Kier alpha value is -1.02. The summed E-state index contributed by atoms with van der Waals surface area (Å²) in [6.07, 6.45) is 1.25. The van der Waals surface area contributed by atoms with Crippen LogP contribution in [0.4, 0.5) is 4.39 Å². The fraction of sp³-hybridized carbons (Fsp3) is 0.538. The van der Waals surface area contributed by atoms with E-state index in [2.05, 4.69) is 4.72 Å². The van der Waals surface area contributed by atoms with Gasteiger partial charge in [0.15, 0.2) is 0 Å². The van der Waals surface area contributed by atoms with Gasteiger partial charge in [-0.15, -0.1) is 0 Å². The number of rotatable bonds is 5. The number of aliphatic hydroxyl groups is 1. The highest BCUT2D eigenvalue weighted by Gasteiger charge is 2.31. The summed E-state index contributed by atoms with van der Waals surface area (Å²) < 4.78 is 37.5. The van der Waals surface area contributed by atoms with Crippen LogP contribution in [-0.4, -0.2) is 50.4 Å². The quantitative estimate of drug-likeness (QED) is 0.830. The summed E-state index contributed by atoms with van der Waals surface area (Å²) in [5.41, 5.74) is 0.933. The number of hydrogen-bond donors (Lipinski definition) is 2. The van der Waals surface area contributed by atoms with Crippen molar-refractivity contribution in [1.82, 2.24) is 9.62 Å². The molecule has 112 valence electrons. The van der Waals surface area contributed by atoms with E-state index in [1.165, 1.54) is 12.1 Å². The highest BCUT2D eigenvalue weighted by molar-refractivity contribution is 7.88. The number of hydrogen-bond acceptors (Lipinski definition) is 4. The van der Waals surface area contributed by atoms with E-state index in [1.54, 1.807) is 12.1 Å². The molecule has 1 aliphatic rings. The van der Waals surface area contributed by atoms with Gasteiger partial charge in [-0.25, -0.2) is 17.5 Å². The van der Waals surface area contributed by atoms with Crippen molar-refractivity contribution in [3.05, 3.63) is 35.6 Å². The summed E-state index contributed by atoms with van der Waals surface area (Å²) in [6, 6.07) is 6.19. The Morgan fingerprint density at radius 3 is 2.65 bits per heavy atom. The highest BCUT2D eigenvalue weighted by atomic mass is 32.2. The predicted octanol–water partition coefficient (Wildman–Crippen LogP) is 0.483. The van der Waals surface area contributed by atoms with E-state index in [1.807, 2.05) is 4.90 Å². The molecule has 1 aliphatic heterocycles. The summed E-state index contributed by atoms with van der Waals surface area (Å²) in [5, 5.41) is 9.79. The number of benzene rings is 1. The Bertz CT molecular complexity index is 547. The van der Waals surface area contributed by atoms with Crippen LogP contribution in [0.5, 0.6) is 0 Å². The van der Waals surface area contributed by atoms with E-state index >= 15 is 0 Å². The SMILES string of the molecule is CS(=O)(=O)NCCN1C[C@H](O)C[C@@H]1c1ccc(F)cc1. The Morgan fingerprint density at radius 1 is 1.40 bits per heavy atom. The lowest BCUT2D eigenvalue weighted by Gasteiger charge is -2.24. The second-order valence-electron chi connectivity index (χ2n) is 5.12. The zero-order valence-electron chi connectivity index (χ0n) is 11.3. The third kappa shape index (κ3) is 4.24. The lowest BCUT2D eigenvalue weighted by atomic mass is 10.0. The lowest BCUT2D eigenvalue weighted by Crippen LogP contribution is -2.34. The van der Waals surface area contributed by atoms with Crippen LogP contribution in [0.15, 0.2) is 24.3 Å². The van der Waals surface area contributed by atoms with Crippen LogP contribution < -0.4 is 4.72 Å². The summed E-state index contributed by atoms with van der Waals surface area (Å²) in [5.74, 6) is -0.294. The Balaban J connectivity index is 2.01. The van der Waals surface area contributed by atoms with Crippen LogP contribution in [0.2, 0.25) is 0 Å². The molecule has 1 saturated heterocycles. The molecule has 0 aliphatic carbocycles. The Kier molecular flexibility index (Phi) is 4.74. The maximum Gasteiger partial charge on any atom is 0.208 e. The van der Waals surface area contributed by atoms with Crippen molar-refractivity contribution in [3.63, 3.8) is 0 Å². The van der Waals surface area contributed by atoms with Gasteiger partial charge in [0, 0.05) is 25.7 Å². The van der Waals surface area contributed by atoms with Gasteiger partial charge in [-0.3, -0.25) is 4.90 Å². The largest absolute Gasteiger partial charge is 0.392 e. The second-order valence-corrected chi connectivity index (χ2v) is 6.95. The van der Waals surface area contributed by atoms with E-state index in [0.717, 1.165) is 11.8 Å². The zero-order valence-corrected chi connectivity index (χ0v) is 12.1. The van der Waals surface area contributed by atoms with Crippen molar-refractivity contribution in [2.75, 3.05) is 25.9 Å². The smallest absolute Gasteiger partial charge is 0.208 e. The average molecular weight is 302 g/mol. The van der Waals surface area contributed by atoms with Gasteiger partial charge >= 0.3 is 0 Å². The molecule has 1 aromatic carbocycles. The monoisotopic (exact) mass is 302 g/mol. The molecule has 0 unspecified atom stereocenters. The normalized spacial score (nSPS) is 24.1. The van der Waals surface area contributed by atoms with Crippen LogP contribution in [0.1, 0.15) is 18.0 Å². The van der Waals surface area contributed by atoms with Gasteiger partial charge in [0.2, 0.25) is 10.0 Å². The number of aliphatic hydroxyl groups excluding tert-OH is 1. The minimum atomic E-state index is -3.21. The van der Waals surface area contributed by atoms with Crippen molar-refractivity contribution in [2.24, 2.45) is 0 Å². The topological polar surface area (TPSA) is 69.6 Å². The molecule has 5 nitrogen and oxygen atoms in total. The highest BCUT2D eigenvalue weighted by Crippen LogP contribution is 2.31. The van der Waals surface area contributed by atoms with E-state index in [4.69, 9.17) is 0 Å². The van der Waals surface area contributed by atoms with E-state index in [-0.39, 0.29) is 11.9 Å². The molecule has 2 N–H and O–H groups in total. The van der Waals surface area contributed by atoms with Gasteiger partial charge in [-0.05, 0) is 24.1 Å². The van der Waals surface area contributed by atoms with Gasteiger partial charge < -0.3 is 5.11 Å². The fourth-order valence-corrected chi connectivity index (χ4v) is 2.99. The van der Waals surface area contributed by atoms with Gasteiger partial charge in [0.25, 0.3) is 0 Å². The summed E-state index contributed by atoms with van der Waals surface area (Å²) in [4.78, 5) is 2.01. The first-order chi connectivity index (χ1) is 9.35. The first kappa shape index (κ1) is 15.4. The van der Waals surface area contributed by atoms with Crippen molar-refractivity contribution in [1.29, 1.82) is 0 Å². The molecule has 0 amide bonds. The van der Waals surface area contributed by atoms with E-state index in [0.29, 0.717) is 26.1 Å². The fourth-order valence-electron chi connectivity index (χ4n) is 2.53. The van der Waals surface area contributed by atoms with E-state index in [9.17, 15) is 17.9 Å². The number of halogens is 1. The summed E-state index contributed by atoms with van der Waals surface area (Å²) in [6.45, 7) is 1.29. The molecular weight excluding hydrogens is 283 g/mol. The second kappa shape index (κ2) is 6.17. The number of sulfonamides is 1. The van der Waals surface area contributed by atoms with Gasteiger partial charge in [-0.1, -0.05) is 12.1 Å². The first-order valence-electron chi connectivity index (χ1n) is 6.47. The van der Waals surface area contributed by atoms with Crippen LogP contribution in [0.25, 0.3) is 0 Å². The Morgan fingerprint density at radius 2 is 2.05 bits per heavy atom. The molecule has 7 heteroatoms. The number of β-amino-alcohol motifs (C(OH)–C–C–N with tert-alkyl or cyclic N) is 1. The van der Waals surface area contributed by atoms with Gasteiger partial charge in [0.05, 0.1) is 12.4 Å². The van der Waals surface area contributed by atoms with Crippen molar-refractivity contribution >= 4 is 10.0 Å². The van der Waals surface area contributed by atoms with Crippen LogP contribution >= 0.6 is 0 Å². The predicted molar refractivity (Wildman–Crippen MR) is 74.2 cm³/mol. The molecule has 20 heavy (non-hydrogen) atoms.